The molecular formula is C16H13N3O. The summed E-state index contributed by atoms with van der Waals surface area (Å²) in [6.07, 6.45) is 10.0. The molecule has 0 fully saturated rings. The summed E-state index contributed by atoms with van der Waals surface area (Å²) in [5, 5.41) is 0. The highest BCUT2D eigenvalue weighted by Gasteiger charge is 2.19. The summed E-state index contributed by atoms with van der Waals surface area (Å²) in [5.41, 5.74) is 1.82. The molecule has 1 aliphatic rings. The summed E-state index contributed by atoms with van der Waals surface area (Å²) >= 11 is 0. The Bertz CT molecular complexity index is 650. The largest absolute Gasteiger partial charge is 0.319 e. The fourth-order valence-corrected chi connectivity index (χ4v) is 2.10. The average molecular weight is 263 g/mol. The van der Waals surface area contributed by atoms with Gasteiger partial charge in [-0.3, -0.25) is 4.98 Å². The van der Waals surface area contributed by atoms with Gasteiger partial charge in [-0.25, -0.2) is 4.98 Å². The Morgan fingerprint density at radius 2 is 1.85 bits per heavy atom. The topological polar surface area (TPSA) is 46.1 Å². The van der Waals surface area contributed by atoms with Gasteiger partial charge in [0, 0.05) is 24.2 Å². The molecule has 1 atom stereocenters. The number of allylic oxidation sites excluding steroid dienone is 2. The number of nitrogens with zero attached hydrogens (tertiary/aromatic N) is 3. The average Bonchev–Trinajstić information content (AvgIpc) is 2.56. The zero-order chi connectivity index (χ0) is 13.8. The number of rotatable bonds is 3. The van der Waals surface area contributed by atoms with E-state index in [9.17, 15) is 4.79 Å². The summed E-state index contributed by atoms with van der Waals surface area (Å²) in [4.78, 5) is 21.7. The molecule has 0 saturated heterocycles. The number of aldehydes is 1. The van der Waals surface area contributed by atoms with Gasteiger partial charge in [-0.2, -0.15) is 0 Å². The maximum Gasteiger partial charge on any atom is 0.146 e. The fourth-order valence-electron chi connectivity index (χ4n) is 2.10. The van der Waals surface area contributed by atoms with Crippen molar-refractivity contribution in [1.82, 2.24) is 9.97 Å². The van der Waals surface area contributed by atoms with Crippen LogP contribution in [0.5, 0.6) is 0 Å². The van der Waals surface area contributed by atoms with Gasteiger partial charge in [0.25, 0.3) is 0 Å². The van der Waals surface area contributed by atoms with Crippen molar-refractivity contribution in [3.8, 4) is 0 Å². The number of anilines is 1. The zero-order valence-corrected chi connectivity index (χ0v) is 10.8. The Morgan fingerprint density at radius 1 is 1.05 bits per heavy atom. The molecule has 20 heavy (non-hydrogen) atoms. The van der Waals surface area contributed by atoms with Crippen LogP contribution < -0.4 is 4.90 Å². The van der Waals surface area contributed by atoms with Crippen molar-refractivity contribution in [2.45, 2.75) is 6.04 Å². The van der Waals surface area contributed by atoms with Crippen LogP contribution in [0.2, 0.25) is 0 Å². The van der Waals surface area contributed by atoms with E-state index in [0.717, 1.165) is 23.4 Å². The van der Waals surface area contributed by atoms with E-state index in [1.807, 2.05) is 59.7 Å². The number of hydrogen-bond donors (Lipinski definition) is 0. The highest BCUT2D eigenvalue weighted by Crippen LogP contribution is 2.24. The Balaban J connectivity index is 2.00. The van der Waals surface area contributed by atoms with Crippen LogP contribution in [-0.2, 0) is 4.79 Å². The summed E-state index contributed by atoms with van der Waals surface area (Å²) in [6.45, 7) is 0. The third-order valence-corrected chi connectivity index (χ3v) is 3.09. The number of carbonyl (C=O) groups is 1. The van der Waals surface area contributed by atoms with E-state index in [1.54, 1.807) is 12.4 Å². The van der Waals surface area contributed by atoms with Crippen LogP contribution >= 0.6 is 0 Å². The van der Waals surface area contributed by atoms with E-state index in [0.29, 0.717) is 0 Å². The van der Waals surface area contributed by atoms with E-state index in [4.69, 9.17) is 0 Å². The Hall–Kier alpha value is -2.75. The lowest BCUT2D eigenvalue weighted by Gasteiger charge is -2.27. The number of carbonyl (C=O) groups excluding carboxylic acids is 1. The van der Waals surface area contributed by atoms with Gasteiger partial charge in [0.1, 0.15) is 18.1 Å². The summed E-state index contributed by atoms with van der Waals surface area (Å²) in [5.74, 6) is 0.738. The third kappa shape index (κ3) is 2.36. The van der Waals surface area contributed by atoms with Gasteiger partial charge in [0.15, 0.2) is 0 Å². The van der Waals surface area contributed by atoms with Crippen molar-refractivity contribution in [3.05, 3.63) is 72.8 Å². The highest BCUT2D eigenvalue weighted by molar-refractivity contribution is 5.81. The molecule has 0 saturated carbocycles. The lowest BCUT2D eigenvalue weighted by atomic mass is 10.1. The normalized spacial score (nSPS) is 17.7. The maximum atomic E-state index is 11.2. The molecule has 2 aromatic heterocycles. The molecule has 0 radical (unpaired) electrons. The molecular weight excluding hydrogens is 250 g/mol. The Kier molecular flexibility index (Phi) is 3.37. The van der Waals surface area contributed by atoms with Crippen LogP contribution in [-0.4, -0.2) is 22.3 Å². The predicted octanol–water partition coefficient (Wildman–Crippen LogP) is 2.46. The molecule has 0 aliphatic carbocycles. The van der Waals surface area contributed by atoms with Crippen LogP contribution in [0.3, 0.4) is 0 Å². The first-order chi connectivity index (χ1) is 9.88. The van der Waals surface area contributed by atoms with Crippen molar-refractivity contribution in [1.29, 1.82) is 0 Å². The lowest BCUT2D eigenvalue weighted by Crippen LogP contribution is -2.33. The van der Waals surface area contributed by atoms with Crippen molar-refractivity contribution >= 4 is 17.7 Å². The lowest BCUT2D eigenvalue weighted by molar-refractivity contribution is -0.108. The fraction of sp³-hybridized carbons (Fsp3) is 0.0625. The van der Waals surface area contributed by atoms with Crippen molar-refractivity contribution in [3.63, 3.8) is 0 Å². The Morgan fingerprint density at radius 3 is 2.50 bits per heavy atom. The van der Waals surface area contributed by atoms with Gasteiger partial charge >= 0.3 is 0 Å². The molecule has 0 bridgehead atoms. The number of aromatic nitrogens is 2. The molecule has 98 valence electrons. The van der Waals surface area contributed by atoms with Gasteiger partial charge in [-0.15, -0.1) is 0 Å². The molecule has 3 rings (SSSR count). The van der Waals surface area contributed by atoms with E-state index < -0.39 is 0 Å². The van der Waals surface area contributed by atoms with Gasteiger partial charge < -0.3 is 9.69 Å². The molecule has 4 nitrogen and oxygen atoms in total. The van der Waals surface area contributed by atoms with Crippen LogP contribution in [0.1, 0.15) is 5.69 Å². The maximum absolute atomic E-state index is 11.2. The molecule has 0 amide bonds. The third-order valence-electron chi connectivity index (χ3n) is 3.09. The summed E-state index contributed by atoms with van der Waals surface area (Å²) in [6, 6.07) is 11.0. The van der Waals surface area contributed by atoms with E-state index >= 15 is 0 Å². The second kappa shape index (κ2) is 5.48. The van der Waals surface area contributed by atoms with E-state index in [1.165, 1.54) is 0 Å². The molecule has 0 spiro atoms. The van der Waals surface area contributed by atoms with Crippen molar-refractivity contribution in [2.75, 3.05) is 4.90 Å². The molecule has 1 unspecified atom stereocenters. The van der Waals surface area contributed by atoms with E-state index in [2.05, 4.69) is 9.97 Å². The molecule has 2 aromatic rings. The first-order valence-corrected chi connectivity index (χ1v) is 6.34. The van der Waals surface area contributed by atoms with Crippen LogP contribution in [0.4, 0.5) is 5.82 Å². The standard InChI is InChI=1S/C16H13N3O/c20-12-14-8-7-13(15-5-1-3-9-17-15)11-19(14)16-6-2-4-10-18-16/h1-12,14H. The van der Waals surface area contributed by atoms with Gasteiger partial charge in [0.2, 0.25) is 0 Å². The van der Waals surface area contributed by atoms with Crippen LogP contribution in [0.25, 0.3) is 5.57 Å². The quantitative estimate of drug-likeness (QED) is 0.798. The minimum absolute atomic E-state index is 0.336. The summed E-state index contributed by atoms with van der Waals surface area (Å²) < 4.78 is 0. The van der Waals surface area contributed by atoms with Gasteiger partial charge in [0.05, 0.1) is 5.69 Å². The van der Waals surface area contributed by atoms with Crippen molar-refractivity contribution < 1.29 is 4.79 Å². The minimum atomic E-state index is -0.336. The molecule has 0 N–H and O–H groups in total. The number of pyridine rings is 2. The predicted molar refractivity (Wildman–Crippen MR) is 77.9 cm³/mol. The highest BCUT2D eigenvalue weighted by atomic mass is 16.1. The molecule has 4 heteroatoms. The van der Waals surface area contributed by atoms with E-state index in [-0.39, 0.29) is 6.04 Å². The molecule has 1 aliphatic heterocycles. The second-order valence-corrected chi connectivity index (χ2v) is 4.38. The monoisotopic (exact) mass is 263 g/mol. The molecule has 0 aromatic carbocycles. The van der Waals surface area contributed by atoms with Crippen LogP contribution in [0.15, 0.2) is 67.1 Å². The smallest absolute Gasteiger partial charge is 0.146 e. The van der Waals surface area contributed by atoms with Crippen LogP contribution in [0, 0.1) is 0 Å². The van der Waals surface area contributed by atoms with Crippen molar-refractivity contribution in [2.24, 2.45) is 0 Å². The zero-order valence-electron chi connectivity index (χ0n) is 10.8. The second-order valence-electron chi connectivity index (χ2n) is 4.38. The minimum Gasteiger partial charge on any atom is -0.319 e. The van der Waals surface area contributed by atoms with Gasteiger partial charge in [-0.1, -0.05) is 24.3 Å². The summed E-state index contributed by atoms with van der Waals surface area (Å²) in [7, 11) is 0. The molecule has 3 heterocycles. The van der Waals surface area contributed by atoms with Gasteiger partial charge in [-0.05, 0) is 24.3 Å². The Labute approximate surface area is 117 Å². The first kappa shape index (κ1) is 12.3. The SMILES string of the molecule is O=CC1C=CC(c2ccccn2)=CN1c1ccccn1. The number of hydrogen-bond acceptors (Lipinski definition) is 4. The first-order valence-electron chi connectivity index (χ1n) is 6.34.